The zero-order valence-corrected chi connectivity index (χ0v) is 62.9. The van der Waals surface area contributed by atoms with Crippen LogP contribution in [0.2, 0.25) is 36.3 Å². The minimum absolute atomic E-state index is 0.0767. The normalized spacial score (nSPS) is 21.1. The van der Waals surface area contributed by atoms with E-state index in [0.29, 0.717) is 59.9 Å². The smallest absolute Gasteiger partial charge is 0.327 e. The van der Waals surface area contributed by atoms with Gasteiger partial charge in [-0.3, -0.25) is 23.6 Å². The largest absolute Gasteiger partial charge is 0.497 e. The number of nitrogens with zero attached hydrogens (tertiary/aromatic N) is 9. The second kappa shape index (κ2) is 29.8. The molecule has 2 aliphatic heterocycles. The van der Waals surface area contributed by atoms with Gasteiger partial charge in [0, 0.05) is 29.8 Å². The Morgan fingerprint density at radius 2 is 1.28 bits per heavy atom. The van der Waals surface area contributed by atoms with Gasteiger partial charge in [-0.1, -0.05) is 133 Å². The van der Waals surface area contributed by atoms with E-state index in [1.807, 2.05) is 115 Å². The van der Waals surface area contributed by atoms with Crippen LogP contribution >= 0.6 is 6.72 Å². The lowest BCUT2D eigenvalue weighted by Gasteiger charge is -2.42. The van der Waals surface area contributed by atoms with Crippen LogP contribution in [0.5, 0.6) is 11.5 Å². The van der Waals surface area contributed by atoms with E-state index in [9.17, 15) is 14.7 Å². The van der Waals surface area contributed by atoms with Gasteiger partial charge in [-0.2, -0.15) is 0 Å². The van der Waals surface area contributed by atoms with Crippen molar-refractivity contribution in [2.45, 2.75) is 145 Å². The van der Waals surface area contributed by atoms with E-state index >= 15 is 0 Å². The van der Waals surface area contributed by atoms with Crippen molar-refractivity contribution in [3.05, 3.63) is 210 Å². The van der Waals surface area contributed by atoms with Gasteiger partial charge in [-0.15, -0.1) is 0 Å². The average Bonchev–Trinajstić information content (AvgIpc) is 1.62. The van der Waals surface area contributed by atoms with E-state index in [-0.39, 0.29) is 59.3 Å². The monoisotopic (exact) mass is 1440 g/mol. The van der Waals surface area contributed by atoms with Crippen LogP contribution in [0, 0.1) is 12.5 Å². The van der Waals surface area contributed by atoms with Gasteiger partial charge in [0.05, 0.1) is 57.4 Å². The molecule has 0 bridgehead atoms. The van der Waals surface area contributed by atoms with E-state index in [4.69, 9.17) is 79.7 Å². The minimum Gasteiger partial charge on any atom is -0.497 e. The molecule has 3 aliphatic rings. The predicted octanol–water partition coefficient (Wildman–Crippen LogP) is 14.3. The molecule has 0 radical (unpaired) electrons. The number of hydrogen-bond acceptors (Lipinski definition) is 18. The summed E-state index contributed by atoms with van der Waals surface area (Å²) in [6.45, 7) is 25.3. The highest BCUT2D eigenvalue weighted by molar-refractivity contribution is 8.07. The Morgan fingerprint density at radius 3 is 1.88 bits per heavy atom. The number of fused-ring (bicyclic) bond motifs is 1. The molecular weight excluding hydrogens is 1350 g/mol. The van der Waals surface area contributed by atoms with Crippen molar-refractivity contribution in [2.75, 3.05) is 57.3 Å². The van der Waals surface area contributed by atoms with Gasteiger partial charge in [0.15, 0.2) is 39.8 Å². The van der Waals surface area contributed by atoms with E-state index in [1.165, 1.54) is 12.7 Å². The van der Waals surface area contributed by atoms with Crippen LogP contribution in [-0.4, -0.2) is 145 Å². The van der Waals surface area contributed by atoms with E-state index in [0.717, 1.165) is 27.6 Å². The summed E-state index contributed by atoms with van der Waals surface area (Å²) in [6.07, 6.45) is 1.94. The van der Waals surface area contributed by atoms with Crippen LogP contribution in [0.4, 0.5) is 11.6 Å². The molecule has 22 nitrogen and oxygen atoms in total. The Kier molecular flexibility index (Phi) is 21.5. The standard InChI is InChI=1S/C75H89N10O12PSSi2/c1-73(2,3)100(10,11)96-63-58(84-43-51-28-23-40-83(67-60(51)68(84)79-47-78-67)71(88)50-26-19-15-20-27-50)42-52(62(63)86)44-93-98(99,92-41-39-76-7)95-65-64(97-101(12,13)74(4,5)6)59(94-72(65)85-48-81-61-66(77-46-80-69(61)85)82-70(87)49-24-17-14-18-25-49)45-91-75(53-29-21-16-22-30-53,54-31-35-56(89-8)36-32-54)55-33-37-57(90-9)38-34-55/h14-22,24-27,29-38,43,46-48,52,58-59,62-65,72,86H,23,28,39-42,44-45H2,1-6,8-13H3,(H,77,80,82,87)/t52-,58-,59-,62-,63+,64-,65-,72-,98?/m1/s1. The first kappa shape index (κ1) is 72.8. The molecular formula is C75H89N10O12PSSi2. The van der Waals surface area contributed by atoms with Crippen molar-refractivity contribution in [3.63, 3.8) is 0 Å². The summed E-state index contributed by atoms with van der Waals surface area (Å²) in [4.78, 5) is 57.4. The molecule has 2 N–H and O–H groups in total. The number of benzene rings is 5. The van der Waals surface area contributed by atoms with Crippen molar-refractivity contribution < 1.29 is 56.1 Å². The maximum Gasteiger partial charge on any atom is 0.327 e. The summed E-state index contributed by atoms with van der Waals surface area (Å²) >= 11 is 6.69. The zero-order chi connectivity index (χ0) is 71.7. The second-order valence-electron chi connectivity index (χ2n) is 28.9. The van der Waals surface area contributed by atoms with Crippen molar-refractivity contribution >= 4 is 80.8 Å². The van der Waals surface area contributed by atoms with Crippen molar-refractivity contribution in [1.29, 1.82) is 0 Å². The highest BCUT2D eigenvalue weighted by Crippen LogP contribution is 2.57. The molecule has 9 aromatic rings. The first-order valence-electron chi connectivity index (χ1n) is 34.1. The molecule has 4 aromatic heterocycles. The van der Waals surface area contributed by atoms with Gasteiger partial charge >= 0.3 is 6.72 Å². The fourth-order valence-corrected chi connectivity index (χ4v) is 17.8. The van der Waals surface area contributed by atoms with Crippen molar-refractivity contribution in [2.24, 2.45) is 5.92 Å². The number of nitrogens with one attached hydrogen (secondary N) is 1. The molecule has 9 atom stereocenters. The number of carbonyl (C=O) groups excluding carboxylic acids is 2. The van der Waals surface area contributed by atoms with Crippen LogP contribution in [0.3, 0.4) is 0 Å². The van der Waals surface area contributed by atoms with Crippen LogP contribution in [0.25, 0.3) is 27.0 Å². The Labute approximate surface area is 597 Å². The number of aryl methyl sites for hydroxylation is 1. The second-order valence-corrected chi connectivity index (χ2v) is 41.4. The van der Waals surface area contributed by atoms with Crippen molar-refractivity contribution in [3.8, 4) is 11.5 Å². The average molecular weight is 1440 g/mol. The molecule has 1 saturated heterocycles. The lowest BCUT2D eigenvalue weighted by atomic mass is 9.80. The zero-order valence-electron chi connectivity index (χ0n) is 59.2. The maximum absolute atomic E-state index is 14.3. The molecule has 26 heteroatoms. The van der Waals surface area contributed by atoms with E-state index < -0.39 is 83.6 Å². The van der Waals surface area contributed by atoms with Gasteiger partial charge in [0.2, 0.25) is 6.54 Å². The topological polar surface area (TPSA) is 231 Å². The first-order valence-corrected chi connectivity index (χ1v) is 42.5. The number of aliphatic hydroxyl groups is 1. The summed E-state index contributed by atoms with van der Waals surface area (Å²) < 4.78 is 66.7. The van der Waals surface area contributed by atoms with E-state index in [2.05, 4.69) is 93.6 Å². The SMILES string of the molecule is [C-]#[N+]CCOP(=S)(OC[C@H]1C[C@@H](n2cc3c4c(ncnc42)N(C(=O)c2ccccc2)CCC3)[C@H](O[Si](C)(C)C(C)(C)C)[C@@H]1O)O[C@@H]1[C@H](O[Si](C)(C)C(C)(C)C)[C@@H](COC(c2ccccc2)(c2ccc(OC)cc2)c2ccc(OC)cc2)O[C@H]1n1cnc2c(NC(=O)c3ccccc3)ncnc21. The molecule has 0 spiro atoms. The number of imidazole rings is 1. The maximum atomic E-state index is 14.3. The fourth-order valence-electron chi connectivity index (χ4n) is 13.1. The predicted molar refractivity (Wildman–Crippen MR) is 396 cm³/mol. The Hall–Kier alpha value is -7.94. The third-order valence-corrected chi connectivity index (χ3v) is 31.9. The van der Waals surface area contributed by atoms with Gasteiger partial charge < -0.3 is 56.7 Å². The lowest BCUT2D eigenvalue weighted by molar-refractivity contribution is -0.0929. The van der Waals surface area contributed by atoms with Gasteiger partial charge in [0.25, 0.3) is 11.8 Å². The summed E-state index contributed by atoms with van der Waals surface area (Å²) in [6, 6.07) is 43.0. The summed E-state index contributed by atoms with van der Waals surface area (Å²) in [5.74, 6) is 0.798. The quantitative estimate of drug-likeness (QED) is 0.0178. The third-order valence-electron chi connectivity index (χ3n) is 20.6. The Bertz CT molecular complexity index is 4430. The highest BCUT2D eigenvalue weighted by Gasteiger charge is 2.56. The van der Waals surface area contributed by atoms with Crippen molar-refractivity contribution in [1.82, 2.24) is 34.1 Å². The summed E-state index contributed by atoms with van der Waals surface area (Å²) in [5, 5.41) is 16.2. The lowest BCUT2D eigenvalue weighted by Crippen LogP contribution is -2.50. The molecule has 2 fully saturated rings. The third kappa shape index (κ3) is 14.9. The highest BCUT2D eigenvalue weighted by atomic mass is 32.5. The fraction of sp³-hybridized carbons (Fsp3) is 0.413. The molecule has 2 amide bonds. The summed E-state index contributed by atoms with van der Waals surface area (Å²) in [7, 11) is -2.31. The number of aliphatic hydroxyl groups excluding tert-OH is 1. The molecule has 530 valence electrons. The van der Waals surface area contributed by atoms with E-state index in [1.54, 1.807) is 54.3 Å². The molecule has 1 saturated carbocycles. The Balaban J connectivity index is 0.957. The number of methoxy groups -OCH3 is 2. The number of rotatable bonds is 25. The number of aromatic nitrogens is 7. The van der Waals surface area contributed by atoms with Gasteiger partial charge in [0.1, 0.15) is 66.1 Å². The van der Waals surface area contributed by atoms with Gasteiger partial charge in [-0.05, 0) is 138 Å². The van der Waals surface area contributed by atoms with Crippen LogP contribution in [0.1, 0.15) is 110 Å². The molecule has 12 rings (SSSR count). The number of ether oxygens (including phenoxy) is 4. The first-order chi connectivity index (χ1) is 48.3. The Morgan fingerprint density at radius 1 is 0.703 bits per heavy atom. The minimum atomic E-state index is -4.13. The number of anilines is 2. The molecule has 5 aromatic carbocycles. The van der Waals surface area contributed by atoms with Crippen LogP contribution in [0.15, 0.2) is 165 Å². The molecule has 1 unspecified atom stereocenters. The van der Waals surface area contributed by atoms with Crippen LogP contribution in [-0.2, 0) is 55.7 Å². The number of carbonyl (C=O) groups is 2. The summed E-state index contributed by atoms with van der Waals surface area (Å²) in [5.41, 5.74) is 4.17. The van der Waals surface area contributed by atoms with Gasteiger partial charge in [-0.25, -0.2) is 31.5 Å². The molecule has 101 heavy (non-hydrogen) atoms. The molecule has 6 heterocycles. The van der Waals surface area contributed by atoms with Crippen LogP contribution < -0.4 is 19.7 Å². The number of hydrogen-bond donors (Lipinski definition) is 2. The number of amides is 2. The molecule has 1 aliphatic carbocycles.